The molecule has 1 amide bonds. The lowest BCUT2D eigenvalue weighted by Crippen LogP contribution is -2.16. The van der Waals surface area contributed by atoms with Crippen molar-refractivity contribution in [1.82, 2.24) is 15.2 Å². The minimum absolute atomic E-state index is 0.0552. The Morgan fingerprint density at radius 2 is 2.10 bits per heavy atom. The molecule has 2 N–H and O–H groups in total. The Labute approximate surface area is 115 Å². The van der Waals surface area contributed by atoms with Gasteiger partial charge in [0.05, 0.1) is 12.7 Å². The fraction of sp³-hybridized carbons (Fsp3) is 0.182. The number of aromatic amines is 1. The number of aromatic nitrogens is 3. The number of anilines is 1. The van der Waals surface area contributed by atoms with Crippen molar-refractivity contribution in [2.75, 3.05) is 12.4 Å². The summed E-state index contributed by atoms with van der Waals surface area (Å²) in [5.41, 5.74) is -1.90. The third kappa shape index (κ3) is 3.27. The summed E-state index contributed by atoms with van der Waals surface area (Å²) in [7, 11) is 1.30. The average Bonchev–Trinajstić information content (AvgIpc) is 2.85. The molecular formula is C11H8F4N4O2. The van der Waals surface area contributed by atoms with Crippen molar-refractivity contribution in [3.8, 4) is 6.01 Å². The maximum Gasteiger partial charge on any atom is 0.419 e. The molecule has 0 fully saturated rings. The average molecular weight is 304 g/mol. The third-order valence-electron chi connectivity index (χ3n) is 2.41. The van der Waals surface area contributed by atoms with Crippen LogP contribution >= 0.6 is 0 Å². The van der Waals surface area contributed by atoms with Crippen LogP contribution in [0.3, 0.4) is 0 Å². The summed E-state index contributed by atoms with van der Waals surface area (Å²) in [6.07, 6.45) is -4.89. The fourth-order valence-corrected chi connectivity index (χ4v) is 1.46. The van der Waals surface area contributed by atoms with E-state index in [1.807, 2.05) is 0 Å². The Morgan fingerprint density at radius 3 is 2.67 bits per heavy atom. The number of carbonyl (C=O) groups excluding carboxylic acids is 1. The first-order chi connectivity index (χ1) is 9.81. The molecule has 0 aliphatic rings. The summed E-state index contributed by atoms with van der Waals surface area (Å²) in [4.78, 5) is 15.4. The number of H-pyrrole nitrogens is 1. The minimum atomic E-state index is -4.89. The van der Waals surface area contributed by atoms with Gasteiger partial charge in [0.15, 0.2) is 0 Å². The summed E-state index contributed by atoms with van der Waals surface area (Å²) in [6, 6.07) is 1.85. The second-order valence-electron chi connectivity index (χ2n) is 3.82. The van der Waals surface area contributed by atoms with Crippen LogP contribution in [0.15, 0.2) is 18.2 Å². The van der Waals surface area contributed by atoms with Gasteiger partial charge in [0, 0.05) is 5.56 Å². The van der Waals surface area contributed by atoms with E-state index in [4.69, 9.17) is 0 Å². The number of amides is 1. The monoisotopic (exact) mass is 304 g/mol. The van der Waals surface area contributed by atoms with E-state index in [0.717, 1.165) is 6.07 Å². The Morgan fingerprint density at radius 1 is 1.38 bits per heavy atom. The number of halogens is 4. The van der Waals surface area contributed by atoms with Crippen LogP contribution < -0.4 is 10.1 Å². The smallest absolute Gasteiger partial charge is 0.419 e. The maximum atomic E-state index is 13.1. The molecular weight excluding hydrogens is 296 g/mol. The maximum absolute atomic E-state index is 13.1. The normalized spacial score (nSPS) is 11.3. The zero-order valence-electron chi connectivity index (χ0n) is 10.5. The second-order valence-corrected chi connectivity index (χ2v) is 3.82. The summed E-state index contributed by atoms with van der Waals surface area (Å²) >= 11 is 0. The zero-order valence-corrected chi connectivity index (χ0v) is 10.5. The molecule has 0 aliphatic carbocycles. The first-order valence-electron chi connectivity index (χ1n) is 5.45. The van der Waals surface area contributed by atoms with Crippen LogP contribution in [-0.4, -0.2) is 28.2 Å². The summed E-state index contributed by atoms with van der Waals surface area (Å²) in [6.45, 7) is 0. The number of carbonyl (C=O) groups is 1. The number of alkyl halides is 3. The van der Waals surface area contributed by atoms with Crippen LogP contribution in [0.1, 0.15) is 15.9 Å². The van der Waals surface area contributed by atoms with Crippen molar-refractivity contribution < 1.29 is 27.1 Å². The van der Waals surface area contributed by atoms with Crippen molar-refractivity contribution in [1.29, 1.82) is 0 Å². The van der Waals surface area contributed by atoms with E-state index < -0.39 is 23.5 Å². The highest BCUT2D eigenvalue weighted by molar-refractivity contribution is 6.03. The Hall–Kier alpha value is -2.65. The number of benzene rings is 1. The number of nitrogens with one attached hydrogen (secondary N) is 2. The van der Waals surface area contributed by atoms with Crippen molar-refractivity contribution >= 4 is 11.9 Å². The van der Waals surface area contributed by atoms with Gasteiger partial charge in [-0.3, -0.25) is 10.1 Å². The zero-order chi connectivity index (χ0) is 15.6. The Bertz CT molecular complexity index is 668. The number of nitrogens with zero attached hydrogens (tertiary/aromatic N) is 2. The molecule has 0 bridgehead atoms. The standard InChI is InChI=1S/C11H8F4N4O2/c1-21-10-17-9(18-19-10)16-8(20)5-2-3-7(12)6(4-5)11(13,14)15/h2-4H,1H3,(H2,16,17,18,19,20). The molecule has 0 spiro atoms. The van der Waals surface area contributed by atoms with E-state index >= 15 is 0 Å². The van der Waals surface area contributed by atoms with Crippen molar-refractivity contribution in [2.45, 2.75) is 6.18 Å². The van der Waals surface area contributed by atoms with E-state index in [0.29, 0.717) is 12.1 Å². The van der Waals surface area contributed by atoms with E-state index in [2.05, 4.69) is 25.2 Å². The van der Waals surface area contributed by atoms with E-state index in [9.17, 15) is 22.4 Å². The molecule has 1 aromatic heterocycles. The number of rotatable bonds is 3. The van der Waals surface area contributed by atoms with E-state index in [1.54, 1.807) is 0 Å². The van der Waals surface area contributed by atoms with Crippen LogP contribution in [-0.2, 0) is 6.18 Å². The molecule has 2 aromatic rings. The predicted molar refractivity (Wildman–Crippen MR) is 62.3 cm³/mol. The van der Waals surface area contributed by atoms with Crippen LogP contribution in [0, 0.1) is 5.82 Å². The minimum Gasteiger partial charge on any atom is -0.466 e. The largest absolute Gasteiger partial charge is 0.466 e. The Kier molecular flexibility index (Phi) is 3.78. The van der Waals surface area contributed by atoms with Crippen molar-refractivity contribution in [3.05, 3.63) is 35.1 Å². The topological polar surface area (TPSA) is 79.9 Å². The lowest BCUT2D eigenvalue weighted by atomic mass is 10.1. The number of methoxy groups -OCH3 is 1. The van der Waals surface area contributed by atoms with Gasteiger partial charge in [0.2, 0.25) is 5.95 Å². The van der Waals surface area contributed by atoms with Gasteiger partial charge < -0.3 is 4.74 Å². The van der Waals surface area contributed by atoms with Crippen molar-refractivity contribution in [3.63, 3.8) is 0 Å². The highest BCUT2D eigenvalue weighted by atomic mass is 19.4. The van der Waals surface area contributed by atoms with Gasteiger partial charge >= 0.3 is 12.2 Å². The van der Waals surface area contributed by atoms with Crippen LogP contribution in [0.5, 0.6) is 6.01 Å². The number of hydrogen-bond donors (Lipinski definition) is 2. The Balaban J connectivity index is 2.23. The van der Waals surface area contributed by atoms with Crippen molar-refractivity contribution in [2.24, 2.45) is 0 Å². The fourth-order valence-electron chi connectivity index (χ4n) is 1.46. The predicted octanol–water partition coefficient (Wildman–Crippen LogP) is 2.22. The molecule has 0 aliphatic heterocycles. The molecule has 21 heavy (non-hydrogen) atoms. The quantitative estimate of drug-likeness (QED) is 0.852. The first kappa shape index (κ1) is 14.8. The molecule has 0 saturated heterocycles. The number of hydrogen-bond acceptors (Lipinski definition) is 4. The van der Waals surface area contributed by atoms with E-state index in [-0.39, 0.29) is 17.5 Å². The van der Waals surface area contributed by atoms with Gasteiger partial charge in [-0.15, -0.1) is 5.10 Å². The van der Waals surface area contributed by atoms with Gasteiger partial charge in [-0.2, -0.15) is 18.2 Å². The molecule has 0 unspecified atom stereocenters. The molecule has 0 radical (unpaired) electrons. The molecule has 0 atom stereocenters. The third-order valence-corrected chi connectivity index (χ3v) is 2.41. The highest BCUT2D eigenvalue weighted by Gasteiger charge is 2.34. The molecule has 10 heteroatoms. The van der Waals surface area contributed by atoms with E-state index in [1.165, 1.54) is 7.11 Å². The highest BCUT2D eigenvalue weighted by Crippen LogP contribution is 2.31. The lowest BCUT2D eigenvalue weighted by Gasteiger charge is -2.09. The van der Waals surface area contributed by atoms with Crippen LogP contribution in [0.4, 0.5) is 23.5 Å². The lowest BCUT2D eigenvalue weighted by molar-refractivity contribution is -0.140. The molecule has 112 valence electrons. The molecule has 0 saturated carbocycles. The summed E-state index contributed by atoms with van der Waals surface area (Å²) < 4.78 is 55.4. The van der Waals surface area contributed by atoms with Gasteiger partial charge in [0.25, 0.3) is 5.91 Å². The molecule has 1 heterocycles. The van der Waals surface area contributed by atoms with Gasteiger partial charge in [-0.05, 0) is 18.2 Å². The molecule has 6 nitrogen and oxygen atoms in total. The first-order valence-corrected chi connectivity index (χ1v) is 5.45. The number of ether oxygens (including phenoxy) is 1. The van der Waals surface area contributed by atoms with Gasteiger partial charge in [-0.1, -0.05) is 0 Å². The van der Waals surface area contributed by atoms with Gasteiger partial charge in [-0.25, -0.2) is 9.49 Å². The van der Waals surface area contributed by atoms with Crippen LogP contribution in [0.25, 0.3) is 0 Å². The SMILES string of the molecule is COc1n[nH]c(NC(=O)c2ccc(F)c(C(F)(F)F)c2)n1. The summed E-state index contributed by atoms with van der Waals surface area (Å²) in [5.74, 6) is -2.48. The second kappa shape index (κ2) is 5.38. The molecule has 2 rings (SSSR count). The summed E-state index contributed by atoms with van der Waals surface area (Å²) in [5, 5.41) is 8.01. The van der Waals surface area contributed by atoms with Crippen LogP contribution in [0.2, 0.25) is 0 Å². The van der Waals surface area contributed by atoms with Gasteiger partial charge in [0.1, 0.15) is 5.82 Å². The molecule has 1 aromatic carbocycles.